The lowest BCUT2D eigenvalue weighted by Gasteiger charge is -2.14. The van der Waals surface area contributed by atoms with E-state index in [1.807, 2.05) is 0 Å². The van der Waals surface area contributed by atoms with Gasteiger partial charge in [-0.05, 0) is 32.9 Å². The first kappa shape index (κ1) is 13.0. The summed E-state index contributed by atoms with van der Waals surface area (Å²) in [5.41, 5.74) is 1.22. The van der Waals surface area contributed by atoms with Gasteiger partial charge in [0.2, 0.25) is 0 Å². The Labute approximate surface area is 108 Å². The van der Waals surface area contributed by atoms with Gasteiger partial charge in [0.1, 0.15) is 5.01 Å². The fourth-order valence-electron chi connectivity index (χ4n) is 1.81. The number of hydrogen-bond donors (Lipinski definition) is 1. The van der Waals surface area contributed by atoms with Gasteiger partial charge in [0.15, 0.2) is 0 Å². The second-order valence-electron chi connectivity index (χ2n) is 4.98. The maximum absolute atomic E-state index is 4.67. The van der Waals surface area contributed by atoms with Gasteiger partial charge in [-0.2, -0.15) is 0 Å². The smallest absolute Gasteiger partial charge is 0.107 e. The average Bonchev–Trinajstić information content (AvgIpc) is 3.05. The fourth-order valence-corrected chi connectivity index (χ4v) is 2.54. The maximum atomic E-state index is 4.67. The number of nitrogens with zero attached hydrogens (tertiary/aromatic N) is 2. The zero-order valence-corrected chi connectivity index (χ0v) is 11.7. The van der Waals surface area contributed by atoms with Gasteiger partial charge in [0.25, 0.3) is 0 Å². The molecule has 0 aliphatic heterocycles. The van der Waals surface area contributed by atoms with Crippen molar-refractivity contribution in [1.82, 2.24) is 15.2 Å². The Morgan fingerprint density at radius 1 is 1.53 bits per heavy atom. The number of thiazole rings is 1. The summed E-state index contributed by atoms with van der Waals surface area (Å²) in [4.78, 5) is 7.03. The molecule has 0 unspecified atom stereocenters. The first-order valence-corrected chi connectivity index (χ1v) is 7.51. The van der Waals surface area contributed by atoms with Crippen LogP contribution in [0.5, 0.6) is 0 Å². The quantitative estimate of drug-likeness (QED) is 0.772. The van der Waals surface area contributed by atoms with E-state index >= 15 is 0 Å². The van der Waals surface area contributed by atoms with E-state index in [4.69, 9.17) is 0 Å². The zero-order chi connectivity index (χ0) is 12.1. The topological polar surface area (TPSA) is 28.2 Å². The van der Waals surface area contributed by atoms with Crippen LogP contribution in [0.15, 0.2) is 5.38 Å². The minimum absolute atomic E-state index is 0.773. The Morgan fingerprint density at radius 2 is 2.35 bits per heavy atom. The van der Waals surface area contributed by atoms with Crippen LogP contribution in [0.1, 0.15) is 43.3 Å². The van der Waals surface area contributed by atoms with Crippen molar-refractivity contribution in [3.63, 3.8) is 0 Å². The Morgan fingerprint density at radius 3 is 3.06 bits per heavy atom. The lowest BCUT2D eigenvalue weighted by molar-refractivity contribution is 0.317. The monoisotopic (exact) mass is 253 g/mol. The van der Waals surface area contributed by atoms with Gasteiger partial charge in [0, 0.05) is 24.5 Å². The maximum Gasteiger partial charge on any atom is 0.107 e. The number of unbranched alkanes of at least 4 members (excludes halogenated alkanes) is 1. The molecule has 1 aliphatic carbocycles. The molecule has 0 spiro atoms. The van der Waals surface area contributed by atoms with Crippen molar-refractivity contribution < 1.29 is 0 Å². The minimum atomic E-state index is 0.773. The molecule has 0 amide bonds. The SMILES string of the molecule is CCCCN(C)Cc1csc(CNC2CC2)n1. The summed E-state index contributed by atoms with van der Waals surface area (Å²) < 4.78 is 0. The van der Waals surface area contributed by atoms with E-state index in [1.54, 1.807) is 11.3 Å². The average molecular weight is 253 g/mol. The summed E-state index contributed by atoms with van der Waals surface area (Å²) in [6.45, 7) is 5.34. The van der Waals surface area contributed by atoms with Gasteiger partial charge in [-0.25, -0.2) is 4.98 Å². The molecule has 1 N–H and O–H groups in total. The first-order valence-electron chi connectivity index (χ1n) is 6.63. The fraction of sp³-hybridized carbons (Fsp3) is 0.769. The third-order valence-corrected chi connectivity index (χ3v) is 3.94. The van der Waals surface area contributed by atoms with Gasteiger partial charge < -0.3 is 10.2 Å². The van der Waals surface area contributed by atoms with Crippen LogP contribution in [-0.2, 0) is 13.1 Å². The molecule has 0 saturated heterocycles. The summed E-state index contributed by atoms with van der Waals surface area (Å²) in [6, 6.07) is 0.773. The Hall–Kier alpha value is -0.450. The van der Waals surface area contributed by atoms with E-state index in [2.05, 4.69) is 34.6 Å². The molecule has 2 rings (SSSR count). The van der Waals surface area contributed by atoms with Crippen molar-refractivity contribution in [2.24, 2.45) is 0 Å². The Kier molecular flexibility index (Phi) is 4.95. The second-order valence-corrected chi connectivity index (χ2v) is 5.92. The number of aromatic nitrogens is 1. The van der Waals surface area contributed by atoms with Crippen LogP contribution in [0.4, 0.5) is 0 Å². The normalized spacial score (nSPS) is 15.7. The predicted octanol–water partition coefficient (Wildman–Crippen LogP) is 2.63. The molecule has 4 heteroatoms. The third kappa shape index (κ3) is 4.74. The molecule has 1 fully saturated rings. The van der Waals surface area contributed by atoms with Crippen LogP contribution in [0.25, 0.3) is 0 Å². The van der Waals surface area contributed by atoms with Gasteiger partial charge >= 0.3 is 0 Å². The number of hydrogen-bond acceptors (Lipinski definition) is 4. The Bertz CT molecular complexity index is 333. The molecule has 1 aromatic rings. The van der Waals surface area contributed by atoms with Gasteiger partial charge in [-0.15, -0.1) is 11.3 Å². The van der Waals surface area contributed by atoms with Crippen LogP contribution in [0, 0.1) is 0 Å². The van der Waals surface area contributed by atoms with Gasteiger partial charge in [-0.1, -0.05) is 13.3 Å². The van der Waals surface area contributed by atoms with Crippen LogP contribution in [0.2, 0.25) is 0 Å². The molecule has 3 nitrogen and oxygen atoms in total. The highest BCUT2D eigenvalue weighted by Crippen LogP contribution is 2.20. The van der Waals surface area contributed by atoms with Crippen molar-refractivity contribution >= 4 is 11.3 Å². The van der Waals surface area contributed by atoms with Gasteiger partial charge in [-0.3, -0.25) is 0 Å². The van der Waals surface area contributed by atoms with Crippen LogP contribution < -0.4 is 5.32 Å². The summed E-state index contributed by atoms with van der Waals surface area (Å²) in [5, 5.41) is 6.94. The van der Waals surface area contributed by atoms with Gasteiger partial charge in [0.05, 0.1) is 5.69 Å². The lowest BCUT2D eigenvalue weighted by atomic mass is 10.3. The van der Waals surface area contributed by atoms with Crippen molar-refractivity contribution in [3.8, 4) is 0 Å². The molecule has 1 heterocycles. The summed E-state index contributed by atoms with van der Waals surface area (Å²) in [5.74, 6) is 0. The summed E-state index contributed by atoms with van der Waals surface area (Å²) in [7, 11) is 2.18. The minimum Gasteiger partial charge on any atom is -0.308 e. The van der Waals surface area contributed by atoms with Crippen LogP contribution >= 0.6 is 11.3 Å². The van der Waals surface area contributed by atoms with Crippen molar-refractivity contribution in [2.45, 2.75) is 51.7 Å². The molecular weight excluding hydrogens is 230 g/mol. The second kappa shape index (κ2) is 6.47. The lowest BCUT2D eigenvalue weighted by Crippen LogP contribution is -2.19. The zero-order valence-electron chi connectivity index (χ0n) is 10.9. The highest BCUT2D eigenvalue weighted by atomic mass is 32.1. The molecule has 0 aromatic carbocycles. The predicted molar refractivity (Wildman–Crippen MR) is 73.2 cm³/mol. The summed E-state index contributed by atoms with van der Waals surface area (Å²) >= 11 is 1.78. The summed E-state index contributed by atoms with van der Waals surface area (Å²) in [6.07, 6.45) is 5.23. The van der Waals surface area contributed by atoms with Crippen LogP contribution in [-0.4, -0.2) is 29.5 Å². The molecular formula is C13H23N3S. The van der Waals surface area contributed by atoms with E-state index in [1.165, 1.54) is 42.9 Å². The van der Waals surface area contributed by atoms with E-state index in [9.17, 15) is 0 Å². The molecule has 0 bridgehead atoms. The number of nitrogens with one attached hydrogen (secondary N) is 1. The largest absolute Gasteiger partial charge is 0.308 e. The first-order chi connectivity index (χ1) is 8.28. The highest BCUT2D eigenvalue weighted by molar-refractivity contribution is 7.09. The van der Waals surface area contributed by atoms with Crippen molar-refractivity contribution in [1.29, 1.82) is 0 Å². The van der Waals surface area contributed by atoms with E-state index < -0.39 is 0 Å². The molecule has 17 heavy (non-hydrogen) atoms. The standard InChI is InChI=1S/C13H23N3S/c1-3-4-7-16(2)9-12-10-17-13(15-12)8-14-11-5-6-11/h10-11,14H,3-9H2,1-2H3. The third-order valence-electron chi connectivity index (χ3n) is 3.04. The Balaban J connectivity index is 1.72. The number of rotatable bonds is 8. The highest BCUT2D eigenvalue weighted by Gasteiger charge is 2.20. The van der Waals surface area contributed by atoms with E-state index in [0.717, 1.165) is 19.1 Å². The molecule has 1 aromatic heterocycles. The molecule has 0 atom stereocenters. The molecule has 96 valence electrons. The molecule has 1 aliphatic rings. The van der Waals surface area contributed by atoms with Crippen LogP contribution in [0.3, 0.4) is 0 Å². The molecule has 0 radical (unpaired) electrons. The van der Waals surface area contributed by atoms with Crippen molar-refractivity contribution in [3.05, 3.63) is 16.1 Å². The van der Waals surface area contributed by atoms with E-state index in [0.29, 0.717) is 0 Å². The van der Waals surface area contributed by atoms with E-state index in [-0.39, 0.29) is 0 Å². The molecule has 1 saturated carbocycles. The van der Waals surface area contributed by atoms with Crippen molar-refractivity contribution in [2.75, 3.05) is 13.6 Å².